The number of carbonyl (C=O) groups excluding carboxylic acids is 1. The van der Waals surface area contributed by atoms with E-state index in [9.17, 15) is 4.79 Å². The number of nitrogens with zero attached hydrogens (tertiary/aromatic N) is 4. The molecule has 1 amide bonds. The first-order valence-electron chi connectivity index (χ1n) is 8.48. The van der Waals surface area contributed by atoms with Crippen LogP contribution in [0.2, 0.25) is 0 Å². The molecule has 0 saturated heterocycles. The molecule has 0 N–H and O–H groups in total. The first-order valence-corrected chi connectivity index (χ1v) is 8.48. The third kappa shape index (κ3) is 2.59. The van der Waals surface area contributed by atoms with Gasteiger partial charge in [-0.3, -0.25) is 0 Å². The lowest BCUT2D eigenvalue weighted by Gasteiger charge is -2.29. The summed E-state index contributed by atoms with van der Waals surface area (Å²) < 4.78 is 1.46. The fraction of sp³-hybridized carbons (Fsp3) is 0.0952. The monoisotopic (exact) mass is 343 g/mol. The highest BCUT2D eigenvalue weighted by atomic mass is 16.2. The lowest BCUT2D eigenvalue weighted by molar-refractivity contribution is 0.230. The molecule has 0 saturated carbocycles. The van der Waals surface area contributed by atoms with Crippen molar-refractivity contribution in [3.05, 3.63) is 96.3 Å². The van der Waals surface area contributed by atoms with E-state index >= 15 is 0 Å². The van der Waals surface area contributed by atoms with Crippen LogP contribution >= 0.6 is 0 Å². The summed E-state index contributed by atoms with van der Waals surface area (Å²) in [5, 5.41) is 0. The standard InChI is InChI=1S/C21H19N4O/c1-17-20(14-18-8-4-2-5-9-18)25(16-23-17,19-10-6-3-7-11-19)21(26)24-13-12-22-15-24/h2-13,15-16H,14H2,1H3/q+1. The van der Waals surface area contributed by atoms with Crippen LogP contribution in [-0.2, 0) is 6.42 Å². The Balaban J connectivity index is 1.88. The molecule has 2 heterocycles. The largest absolute Gasteiger partial charge is 0.444 e. The third-order valence-corrected chi connectivity index (χ3v) is 4.67. The van der Waals surface area contributed by atoms with E-state index < -0.39 is 0 Å². The quantitative estimate of drug-likeness (QED) is 0.663. The number of para-hydroxylation sites is 1. The molecule has 26 heavy (non-hydrogen) atoms. The Bertz CT molecular complexity index is 975. The molecule has 1 aliphatic rings. The molecule has 128 valence electrons. The normalized spacial score (nSPS) is 19.1. The Morgan fingerprint density at radius 3 is 2.38 bits per heavy atom. The van der Waals surface area contributed by atoms with Crippen LogP contribution in [0.5, 0.6) is 0 Å². The molecule has 5 nitrogen and oxygen atoms in total. The van der Waals surface area contributed by atoms with Crippen molar-refractivity contribution in [2.45, 2.75) is 13.3 Å². The zero-order valence-electron chi connectivity index (χ0n) is 14.5. The van der Waals surface area contributed by atoms with Crippen molar-refractivity contribution >= 4 is 18.1 Å². The van der Waals surface area contributed by atoms with E-state index in [-0.39, 0.29) is 10.5 Å². The second-order valence-electron chi connectivity index (χ2n) is 6.25. The van der Waals surface area contributed by atoms with Crippen molar-refractivity contribution in [2.24, 2.45) is 4.99 Å². The summed E-state index contributed by atoms with van der Waals surface area (Å²) in [6, 6.07) is 19.8. The van der Waals surface area contributed by atoms with Crippen LogP contribution < -0.4 is 4.48 Å². The fourth-order valence-electron chi connectivity index (χ4n) is 3.33. The maximum Gasteiger partial charge on any atom is 0.444 e. The summed E-state index contributed by atoms with van der Waals surface area (Å²) in [5.41, 5.74) is 3.81. The minimum atomic E-state index is -0.125. The maximum atomic E-state index is 13.5. The minimum Gasteiger partial charge on any atom is -0.245 e. The Labute approximate surface area is 152 Å². The number of allylic oxidation sites excluding steroid dienone is 2. The van der Waals surface area contributed by atoms with Crippen molar-refractivity contribution in [3.63, 3.8) is 0 Å². The van der Waals surface area contributed by atoms with Gasteiger partial charge in [-0.05, 0) is 12.5 Å². The third-order valence-electron chi connectivity index (χ3n) is 4.67. The molecule has 0 radical (unpaired) electrons. The fourth-order valence-corrected chi connectivity index (χ4v) is 3.33. The number of carbonyl (C=O) groups is 1. The van der Waals surface area contributed by atoms with Gasteiger partial charge in [-0.25, -0.2) is 19.3 Å². The number of amides is 1. The van der Waals surface area contributed by atoms with Crippen LogP contribution in [0.1, 0.15) is 12.5 Å². The van der Waals surface area contributed by atoms with Crippen LogP contribution in [0, 0.1) is 0 Å². The van der Waals surface area contributed by atoms with Gasteiger partial charge >= 0.3 is 6.03 Å². The smallest absolute Gasteiger partial charge is 0.245 e. The van der Waals surface area contributed by atoms with E-state index in [1.54, 1.807) is 18.7 Å². The highest BCUT2D eigenvalue weighted by Crippen LogP contribution is 2.36. The average molecular weight is 343 g/mol. The van der Waals surface area contributed by atoms with Gasteiger partial charge in [0.05, 0.1) is 6.42 Å². The van der Waals surface area contributed by atoms with Gasteiger partial charge in [0.15, 0.2) is 11.4 Å². The summed E-state index contributed by atoms with van der Waals surface area (Å²) in [4.78, 5) is 22.1. The number of quaternary nitrogens is 1. The van der Waals surface area contributed by atoms with Gasteiger partial charge in [0, 0.05) is 24.5 Å². The Morgan fingerprint density at radius 2 is 1.73 bits per heavy atom. The van der Waals surface area contributed by atoms with Gasteiger partial charge in [-0.2, -0.15) is 0 Å². The highest BCUT2D eigenvalue weighted by Gasteiger charge is 2.48. The Kier molecular flexibility index (Phi) is 4.07. The van der Waals surface area contributed by atoms with Crippen molar-refractivity contribution in [3.8, 4) is 0 Å². The SMILES string of the molecule is CC1=C(Cc2ccccc2)[N+](C(=O)n2ccnc2)(c2ccccc2)C=N1. The number of imidazole rings is 1. The van der Waals surface area contributed by atoms with Crippen molar-refractivity contribution in [1.82, 2.24) is 14.0 Å². The van der Waals surface area contributed by atoms with Crippen LogP contribution in [0.15, 0.2) is 95.8 Å². The molecule has 1 unspecified atom stereocenters. The van der Waals surface area contributed by atoms with E-state index in [4.69, 9.17) is 0 Å². The van der Waals surface area contributed by atoms with Crippen molar-refractivity contribution in [2.75, 3.05) is 0 Å². The van der Waals surface area contributed by atoms with Gasteiger partial charge < -0.3 is 0 Å². The Morgan fingerprint density at radius 1 is 1.04 bits per heavy atom. The lowest BCUT2D eigenvalue weighted by Crippen LogP contribution is -2.53. The van der Waals surface area contributed by atoms with Crippen molar-refractivity contribution < 1.29 is 4.79 Å². The summed E-state index contributed by atoms with van der Waals surface area (Å²) in [6.07, 6.45) is 7.19. The minimum absolute atomic E-state index is 0.0576. The van der Waals surface area contributed by atoms with Crippen LogP contribution in [-0.4, -0.2) is 21.9 Å². The van der Waals surface area contributed by atoms with Crippen LogP contribution in [0.25, 0.3) is 0 Å². The molecule has 0 spiro atoms. The molecular formula is C21H19N4O+. The molecule has 1 aromatic heterocycles. The van der Waals surface area contributed by atoms with Crippen molar-refractivity contribution in [1.29, 1.82) is 0 Å². The number of aliphatic imine (C=N–C) groups is 1. The van der Waals surface area contributed by atoms with Gasteiger partial charge in [0.1, 0.15) is 12.0 Å². The maximum absolute atomic E-state index is 13.5. The van der Waals surface area contributed by atoms with Gasteiger partial charge in [-0.15, -0.1) is 4.48 Å². The molecule has 5 heteroatoms. The zero-order chi connectivity index (χ0) is 18.0. The summed E-state index contributed by atoms with van der Waals surface area (Å²) in [6.45, 7) is 1.96. The van der Waals surface area contributed by atoms with Gasteiger partial charge in [0.25, 0.3) is 0 Å². The second kappa shape index (κ2) is 6.54. The highest BCUT2D eigenvalue weighted by molar-refractivity contribution is 6.06. The van der Waals surface area contributed by atoms with E-state index in [2.05, 4.69) is 22.1 Å². The molecule has 4 rings (SSSR count). The molecule has 0 bridgehead atoms. The number of rotatable bonds is 3. The molecule has 2 aromatic carbocycles. The molecular weight excluding hydrogens is 324 g/mol. The van der Waals surface area contributed by atoms with E-state index in [1.807, 2.05) is 55.5 Å². The first-order chi connectivity index (χ1) is 12.7. The molecule has 1 atom stereocenters. The zero-order valence-corrected chi connectivity index (χ0v) is 14.5. The van der Waals surface area contributed by atoms with Crippen LogP contribution in [0.4, 0.5) is 10.5 Å². The predicted molar refractivity (Wildman–Crippen MR) is 103 cm³/mol. The molecule has 0 fully saturated rings. The van der Waals surface area contributed by atoms with E-state index in [0.717, 1.165) is 22.6 Å². The molecule has 0 aliphatic carbocycles. The number of benzene rings is 2. The van der Waals surface area contributed by atoms with E-state index in [1.165, 1.54) is 10.9 Å². The lowest BCUT2D eigenvalue weighted by atomic mass is 10.1. The topological polar surface area (TPSA) is 47.2 Å². The predicted octanol–water partition coefficient (Wildman–Crippen LogP) is 4.37. The second-order valence-corrected chi connectivity index (χ2v) is 6.25. The number of hydrogen-bond donors (Lipinski definition) is 0. The summed E-state index contributed by atoms with van der Waals surface area (Å²) in [5.74, 6) is 0. The van der Waals surface area contributed by atoms with Gasteiger partial charge in [0.2, 0.25) is 6.34 Å². The van der Waals surface area contributed by atoms with E-state index in [0.29, 0.717) is 6.42 Å². The summed E-state index contributed by atoms with van der Waals surface area (Å²) in [7, 11) is 0. The average Bonchev–Trinajstić information content (AvgIpc) is 3.33. The van der Waals surface area contributed by atoms with Gasteiger partial charge in [-0.1, -0.05) is 48.5 Å². The first kappa shape index (κ1) is 16.2. The number of hydrogen-bond acceptors (Lipinski definition) is 3. The van der Waals surface area contributed by atoms with Crippen LogP contribution in [0.3, 0.4) is 0 Å². The molecule has 1 aliphatic heterocycles. The Hall–Kier alpha value is -3.31. The number of aromatic nitrogens is 2. The summed E-state index contributed by atoms with van der Waals surface area (Å²) >= 11 is 0. The molecule has 3 aromatic rings.